The molecule has 0 saturated heterocycles. The number of rotatable bonds is 6. The Morgan fingerprint density at radius 3 is 2.73 bits per heavy atom. The SMILES string of the molecule is N#CCSc1ccccc1NC(=O)COC(=O)c1cc2c(s1)-c1ccccc1CC2. The number of thiophene rings is 1. The zero-order valence-electron chi connectivity index (χ0n) is 16.0. The van der Waals surface area contributed by atoms with Crippen LogP contribution >= 0.6 is 23.1 Å². The van der Waals surface area contributed by atoms with Crippen molar-refractivity contribution in [3.63, 3.8) is 0 Å². The van der Waals surface area contributed by atoms with E-state index in [1.807, 2.05) is 30.3 Å². The molecular weight excluding hydrogens is 416 g/mol. The fraction of sp³-hybridized carbons (Fsp3) is 0.174. The molecule has 0 saturated carbocycles. The van der Waals surface area contributed by atoms with E-state index in [4.69, 9.17) is 10.00 Å². The maximum absolute atomic E-state index is 12.5. The third-order valence-electron chi connectivity index (χ3n) is 4.72. The lowest BCUT2D eigenvalue weighted by atomic mass is 9.91. The Bertz CT molecular complexity index is 1150. The molecule has 0 unspecified atom stereocenters. The number of fused-ring (bicyclic) bond motifs is 3. The molecule has 30 heavy (non-hydrogen) atoms. The van der Waals surface area contributed by atoms with E-state index in [0.29, 0.717) is 10.6 Å². The minimum Gasteiger partial charge on any atom is -0.451 e. The Balaban J connectivity index is 1.39. The summed E-state index contributed by atoms with van der Waals surface area (Å²) in [5.74, 6) is -0.622. The van der Waals surface area contributed by atoms with Crippen LogP contribution in [0, 0.1) is 11.3 Å². The van der Waals surface area contributed by atoms with Crippen LogP contribution in [-0.4, -0.2) is 24.2 Å². The molecule has 0 radical (unpaired) electrons. The number of ether oxygens (including phenoxy) is 1. The van der Waals surface area contributed by atoms with Crippen LogP contribution in [0.3, 0.4) is 0 Å². The highest BCUT2D eigenvalue weighted by atomic mass is 32.2. The number of nitrogens with zero attached hydrogens (tertiary/aromatic N) is 1. The second-order valence-electron chi connectivity index (χ2n) is 6.69. The molecule has 5 nitrogen and oxygen atoms in total. The van der Waals surface area contributed by atoms with Crippen molar-refractivity contribution in [1.82, 2.24) is 0 Å². The lowest BCUT2D eigenvalue weighted by Crippen LogP contribution is -2.21. The van der Waals surface area contributed by atoms with Gasteiger partial charge in [-0.15, -0.1) is 23.1 Å². The number of anilines is 1. The van der Waals surface area contributed by atoms with Gasteiger partial charge in [0, 0.05) is 9.77 Å². The second kappa shape index (κ2) is 9.16. The Hall–Kier alpha value is -3.08. The Morgan fingerprint density at radius 2 is 1.87 bits per heavy atom. The highest BCUT2D eigenvalue weighted by molar-refractivity contribution is 7.99. The van der Waals surface area contributed by atoms with Crippen molar-refractivity contribution >= 4 is 40.7 Å². The topological polar surface area (TPSA) is 79.2 Å². The van der Waals surface area contributed by atoms with Crippen LogP contribution in [0.5, 0.6) is 0 Å². The minimum absolute atomic E-state index is 0.286. The molecule has 1 heterocycles. The number of benzene rings is 2. The van der Waals surface area contributed by atoms with Gasteiger partial charge in [-0.1, -0.05) is 36.4 Å². The van der Waals surface area contributed by atoms with Crippen LogP contribution in [0.15, 0.2) is 59.5 Å². The standard InChI is InChI=1S/C23H18N2O3S2/c24-11-12-29-19-8-4-3-7-18(19)25-21(26)14-28-23(27)20-13-16-10-9-15-5-1-2-6-17(15)22(16)30-20/h1-8,13H,9-10,12,14H2,(H,25,26). The van der Waals surface area contributed by atoms with Gasteiger partial charge in [0.1, 0.15) is 4.88 Å². The van der Waals surface area contributed by atoms with Gasteiger partial charge in [0.05, 0.1) is 17.5 Å². The molecule has 0 bridgehead atoms. The molecule has 1 aliphatic carbocycles. The van der Waals surface area contributed by atoms with Crippen LogP contribution in [0.4, 0.5) is 5.69 Å². The fourth-order valence-corrected chi connectivity index (χ4v) is 5.20. The zero-order valence-corrected chi connectivity index (χ0v) is 17.6. The van der Waals surface area contributed by atoms with Crippen LogP contribution in [0.1, 0.15) is 20.8 Å². The van der Waals surface area contributed by atoms with Crippen molar-refractivity contribution in [2.24, 2.45) is 0 Å². The van der Waals surface area contributed by atoms with Crippen molar-refractivity contribution in [2.45, 2.75) is 17.7 Å². The molecule has 0 atom stereocenters. The predicted molar refractivity (Wildman–Crippen MR) is 119 cm³/mol. The van der Waals surface area contributed by atoms with Crippen molar-refractivity contribution in [1.29, 1.82) is 5.26 Å². The molecule has 4 rings (SSSR count). The first-order chi connectivity index (χ1) is 14.7. The zero-order chi connectivity index (χ0) is 20.9. The average Bonchev–Trinajstić information content (AvgIpc) is 3.22. The molecule has 1 aromatic heterocycles. The summed E-state index contributed by atoms with van der Waals surface area (Å²) in [5, 5.41) is 11.5. The van der Waals surface area contributed by atoms with Crippen LogP contribution in [0.2, 0.25) is 0 Å². The maximum atomic E-state index is 12.5. The molecule has 0 aliphatic heterocycles. The lowest BCUT2D eigenvalue weighted by Gasteiger charge is -2.15. The van der Waals surface area contributed by atoms with E-state index in [-0.39, 0.29) is 12.4 Å². The van der Waals surface area contributed by atoms with Gasteiger partial charge in [0.2, 0.25) is 0 Å². The number of esters is 1. The Morgan fingerprint density at radius 1 is 1.10 bits per heavy atom. The summed E-state index contributed by atoms with van der Waals surface area (Å²) in [6.07, 6.45) is 1.85. The summed E-state index contributed by atoms with van der Waals surface area (Å²) >= 11 is 2.75. The third kappa shape index (κ3) is 4.40. The molecule has 7 heteroatoms. The van der Waals surface area contributed by atoms with Gasteiger partial charge in [-0.3, -0.25) is 4.79 Å². The summed E-state index contributed by atoms with van der Waals surface area (Å²) in [7, 11) is 0. The van der Waals surface area contributed by atoms with E-state index in [1.54, 1.807) is 12.1 Å². The number of para-hydroxylation sites is 1. The van der Waals surface area contributed by atoms with Crippen LogP contribution < -0.4 is 5.32 Å². The van der Waals surface area contributed by atoms with Gasteiger partial charge in [0.25, 0.3) is 5.91 Å². The molecule has 1 aliphatic rings. The fourth-order valence-electron chi connectivity index (χ4n) is 3.37. The van der Waals surface area contributed by atoms with E-state index >= 15 is 0 Å². The number of thioether (sulfide) groups is 1. The van der Waals surface area contributed by atoms with Crippen molar-refractivity contribution in [3.05, 3.63) is 70.6 Å². The van der Waals surface area contributed by atoms with Gasteiger partial charge in [-0.25, -0.2) is 4.79 Å². The Labute approximate surface area is 182 Å². The molecule has 2 aromatic carbocycles. The number of carbonyl (C=O) groups is 2. The molecule has 1 N–H and O–H groups in total. The van der Waals surface area contributed by atoms with E-state index in [9.17, 15) is 9.59 Å². The predicted octanol–water partition coefficient (Wildman–Crippen LogP) is 4.92. The molecule has 1 amide bonds. The molecule has 0 fully saturated rings. The van der Waals surface area contributed by atoms with E-state index < -0.39 is 11.9 Å². The minimum atomic E-state index is -0.492. The monoisotopic (exact) mass is 434 g/mol. The first kappa shape index (κ1) is 20.2. The molecule has 150 valence electrons. The molecule has 0 spiro atoms. The summed E-state index contributed by atoms with van der Waals surface area (Å²) < 4.78 is 5.25. The number of hydrogen-bond acceptors (Lipinski definition) is 6. The normalized spacial score (nSPS) is 11.7. The smallest absolute Gasteiger partial charge is 0.348 e. The Kier molecular flexibility index (Phi) is 6.17. The lowest BCUT2D eigenvalue weighted by molar-refractivity contribution is -0.119. The first-order valence-corrected chi connectivity index (χ1v) is 11.2. The highest BCUT2D eigenvalue weighted by Crippen LogP contribution is 2.39. The summed E-state index contributed by atoms with van der Waals surface area (Å²) in [6, 6.07) is 19.4. The molecule has 3 aromatic rings. The van der Waals surface area contributed by atoms with E-state index in [2.05, 4.69) is 23.5 Å². The highest BCUT2D eigenvalue weighted by Gasteiger charge is 2.22. The summed E-state index contributed by atoms with van der Waals surface area (Å²) in [5.41, 5.74) is 4.21. The number of carbonyl (C=O) groups excluding carboxylic acids is 2. The average molecular weight is 435 g/mol. The quantitative estimate of drug-likeness (QED) is 0.440. The maximum Gasteiger partial charge on any atom is 0.348 e. The molecular formula is C23H18N2O3S2. The van der Waals surface area contributed by atoms with Crippen molar-refractivity contribution in [2.75, 3.05) is 17.7 Å². The van der Waals surface area contributed by atoms with Gasteiger partial charge >= 0.3 is 5.97 Å². The van der Waals surface area contributed by atoms with E-state index in [0.717, 1.165) is 28.2 Å². The number of nitrogens with one attached hydrogen (secondary N) is 1. The summed E-state index contributed by atoms with van der Waals surface area (Å²) in [4.78, 5) is 27.2. The van der Waals surface area contributed by atoms with Crippen LogP contribution in [0.25, 0.3) is 10.4 Å². The first-order valence-electron chi connectivity index (χ1n) is 9.42. The second-order valence-corrected chi connectivity index (χ2v) is 8.76. The van der Waals surface area contributed by atoms with Gasteiger partial charge in [-0.2, -0.15) is 5.26 Å². The van der Waals surface area contributed by atoms with Crippen molar-refractivity contribution < 1.29 is 14.3 Å². The van der Waals surface area contributed by atoms with Gasteiger partial charge < -0.3 is 10.1 Å². The van der Waals surface area contributed by atoms with Gasteiger partial charge in [-0.05, 0) is 47.7 Å². The number of amides is 1. The van der Waals surface area contributed by atoms with Gasteiger partial charge in [0.15, 0.2) is 6.61 Å². The van der Waals surface area contributed by atoms with Crippen molar-refractivity contribution in [3.8, 4) is 16.5 Å². The van der Waals surface area contributed by atoms with E-state index in [1.165, 1.54) is 34.2 Å². The number of aryl methyl sites for hydroxylation is 2. The largest absolute Gasteiger partial charge is 0.451 e. The number of hydrogen-bond donors (Lipinski definition) is 1. The van der Waals surface area contributed by atoms with Crippen LogP contribution in [-0.2, 0) is 22.4 Å². The summed E-state index contributed by atoms with van der Waals surface area (Å²) in [6.45, 7) is -0.366. The number of nitriles is 1. The third-order valence-corrected chi connectivity index (χ3v) is 6.85.